The van der Waals surface area contributed by atoms with Gasteiger partial charge in [0.25, 0.3) is 10.2 Å². The lowest BCUT2D eigenvalue weighted by molar-refractivity contribution is -0.145. The first-order valence-electron chi connectivity index (χ1n) is 14.9. The van der Waals surface area contributed by atoms with Crippen molar-refractivity contribution in [3.05, 3.63) is 0 Å². The fourth-order valence-corrected chi connectivity index (χ4v) is 10.1. The second-order valence-electron chi connectivity index (χ2n) is 13.5. The van der Waals surface area contributed by atoms with Gasteiger partial charge in [0.05, 0.1) is 0 Å². The van der Waals surface area contributed by atoms with Gasteiger partial charge in [-0.25, -0.2) is 5.14 Å². The monoisotopic (exact) mass is 554 g/mol. The Hall–Kier alpha value is -1.23. The zero-order valence-corrected chi connectivity index (χ0v) is 24.2. The number of amides is 1. The first-order chi connectivity index (χ1) is 17.9. The molecule has 0 spiro atoms. The molecule has 0 radical (unpaired) electrons. The average molecular weight is 555 g/mol. The summed E-state index contributed by atoms with van der Waals surface area (Å²) in [5.41, 5.74) is 5.47. The molecule has 4 atom stereocenters. The SMILES string of the molecule is CC(C)C12CC3CC(CC(NC(=O)[C@H](CC4CCCCC4)N([C@@H](CCCCN)C(=O)O)S(N)(=O)=O)(C3)C1)C2. The molecular weight excluding hydrogens is 504 g/mol. The van der Waals surface area contributed by atoms with Crippen LogP contribution in [0.1, 0.15) is 110 Å². The third kappa shape index (κ3) is 6.39. The number of carboxylic acids is 1. The maximum atomic E-state index is 14.2. The minimum Gasteiger partial charge on any atom is -0.480 e. The van der Waals surface area contributed by atoms with Gasteiger partial charge >= 0.3 is 5.97 Å². The maximum Gasteiger partial charge on any atom is 0.322 e. The van der Waals surface area contributed by atoms with E-state index >= 15 is 0 Å². The van der Waals surface area contributed by atoms with Crippen LogP contribution in [0.4, 0.5) is 0 Å². The fraction of sp³-hybridized carbons (Fsp3) is 0.929. The molecular formula is C28H50N4O5S. The Kier molecular flexibility index (Phi) is 9.17. The van der Waals surface area contributed by atoms with E-state index < -0.39 is 28.3 Å². The maximum absolute atomic E-state index is 14.2. The van der Waals surface area contributed by atoms with Crippen molar-refractivity contribution in [2.75, 3.05) is 6.54 Å². The summed E-state index contributed by atoms with van der Waals surface area (Å²) in [5.74, 6) is 0.200. The fourth-order valence-electron chi connectivity index (χ4n) is 8.98. The summed E-state index contributed by atoms with van der Waals surface area (Å²) < 4.78 is 26.9. The quantitative estimate of drug-likeness (QED) is 0.255. The molecule has 5 rings (SSSR count). The van der Waals surface area contributed by atoms with Crippen LogP contribution in [-0.2, 0) is 19.8 Å². The number of carbonyl (C=O) groups is 2. The standard InChI is InChI=1S/C28H50N4O5S/c1-19(2)27-14-21-12-22(15-27)17-28(16-21,18-27)31-25(33)24(13-20-8-4-3-5-9-20)32(38(30,36)37)23(26(34)35)10-6-7-11-29/h19-24H,3-18,29H2,1-2H3,(H,31,33)(H,34,35)(H2,30,36,37)/t21?,22?,23-,24-,27?,28?/m0/s1. The van der Waals surface area contributed by atoms with Crippen molar-refractivity contribution in [3.63, 3.8) is 0 Å². The molecule has 1 amide bonds. The van der Waals surface area contributed by atoms with Crippen molar-refractivity contribution < 1.29 is 23.1 Å². The molecule has 0 aromatic rings. The number of nitrogens with one attached hydrogen (secondary N) is 1. The summed E-state index contributed by atoms with van der Waals surface area (Å²) >= 11 is 0. The molecule has 5 aliphatic carbocycles. The summed E-state index contributed by atoms with van der Waals surface area (Å²) in [7, 11) is -4.47. The zero-order chi connectivity index (χ0) is 27.7. The molecule has 6 N–H and O–H groups in total. The van der Waals surface area contributed by atoms with Gasteiger partial charge in [0.2, 0.25) is 5.91 Å². The number of nitrogens with two attached hydrogens (primary N) is 2. The third-order valence-corrected chi connectivity index (χ3v) is 11.5. The number of carboxylic acid groups (broad SMARTS) is 1. The summed E-state index contributed by atoms with van der Waals surface area (Å²) in [6, 6.07) is -2.52. The van der Waals surface area contributed by atoms with Crippen LogP contribution in [0.5, 0.6) is 0 Å². The molecule has 2 unspecified atom stereocenters. The zero-order valence-electron chi connectivity index (χ0n) is 23.4. The van der Waals surface area contributed by atoms with Crippen LogP contribution >= 0.6 is 0 Å². The Bertz CT molecular complexity index is 950. The third-order valence-electron chi connectivity index (χ3n) is 10.4. The summed E-state index contributed by atoms with van der Waals surface area (Å²) in [4.78, 5) is 26.6. The van der Waals surface area contributed by atoms with E-state index in [4.69, 9.17) is 10.9 Å². The highest BCUT2D eigenvalue weighted by Gasteiger charge is 2.59. The highest BCUT2D eigenvalue weighted by Crippen LogP contribution is 2.64. The number of unbranched alkanes of at least 4 members (excludes halogenated alkanes) is 1. The molecule has 0 saturated heterocycles. The highest BCUT2D eigenvalue weighted by atomic mass is 32.2. The molecule has 0 aromatic heterocycles. The molecule has 218 valence electrons. The minimum atomic E-state index is -4.47. The summed E-state index contributed by atoms with van der Waals surface area (Å²) in [6.07, 6.45) is 12.8. The van der Waals surface area contributed by atoms with Gasteiger partial charge < -0.3 is 16.2 Å². The van der Waals surface area contributed by atoms with Gasteiger partial charge in [-0.05, 0) is 99.8 Å². The van der Waals surface area contributed by atoms with Crippen molar-refractivity contribution in [2.45, 2.75) is 128 Å². The highest BCUT2D eigenvalue weighted by molar-refractivity contribution is 7.86. The summed E-state index contributed by atoms with van der Waals surface area (Å²) in [6.45, 7) is 4.96. The second-order valence-corrected chi connectivity index (χ2v) is 15.0. The number of nitrogens with zero attached hydrogens (tertiary/aromatic N) is 1. The molecule has 38 heavy (non-hydrogen) atoms. The topological polar surface area (TPSA) is 156 Å². The van der Waals surface area contributed by atoms with Crippen molar-refractivity contribution in [1.82, 2.24) is 9.62 Å². The van der Waals surface area contributed by atoms with Crippen LogP contribution in [0, 0.1) is 29.1 Å². The van der Waals surface area contributed by atoms with E-state index in [1.54, 1.807) is 0 Å². The van der Waals surface area contributed by atoms with E-state index in [0.29, 0.717) is 43.6 Å². The lowest BCUT2D eigenvalue weighted by Crippen LogP contribution is -2.67. The predicted octanol–water partition coefficient (Wildman–Crippen LogP) is 3.52. The number of rotatable bonds is 13. The van der Waals surface area contributed by atoms with Crippen molar-refractivity contribution >= 4 is 22.1 Å². The second kappa shape index (κ2) is 11.7. The van der Waals surface area contributed by atoms with Gasteiger partial charge in [0.15, 0.2) is 0 Å². The first-order valence-corrected chi connectivity index (χ1v) is 16.4. The number of aliphatic carboxylic acids is 1. The van der Waals surface area contributed by atoms with E-state index in [0.717, 1.165) is 55.7 Å². The van der Waals surface area contributed by atoms with Gasteiger partial charge in [0.1, 0.15) is 12.1 Å². The Morgan fingerprint density at radius 1 is 1.03 bits per heavy atom. The van der Waals surface area contributed by atoms with Crippen LogP contribution in [0.15, 0.2) is 0 Å². The van der Waals surface area contributed by atoms with Gasteiger partial charge in [-0.15, -0.1) is 0 Å². The van der Waals surface area contributed by atoms with Gasteiger partial charge in [-0.1, -0.05) is 46.0 Å². The molecule has 4 bridgehead atoms. The smallest absolute Gasteiger partial charge is 0.322 e. The van der Waals surface area contributed by atoms with Crippen molar-refractivity contribution in [2.24, 2.45) is 40.0 Å². The van der Waals surface area contributed by atoms with Gasteiger partial charge in [-0.3, -0.25) is 9.59 Å². The average Bonchev–Trinajstić information content (AvgIpc) is 2.81. The Balaban J connectivity index is 1.65. The van der Waals surface area contributed by atoms with E-state index in [1.807, 2.05) is 0 Å². The molecule has 0 aliphatic heterocycles. The van der Waals surface area contributed by atoms with Crippen molar-refractivity contribution in [1.29, 1.82) is 0 Å². The predicted molar refractivity (Wildman–Crippen MR) is 147 cm³/mol. The van der Waals surface area contributed by atoms with E-state index in [9.17, 15) is 23.1 Å². The van der Waals surface area contributed by atoms with E-state index in [-0.39, 0.29) is 29.2 Å². The van der Waals surface area contributed by atoms with E-state index in [1.165, 1.54) is 19.3 Å². The Morgan fingerprint density at radius 2 is 1.66 bits per heavy atom. The molecule has 5 saturated carbocycles. The Labute approximate surface area is 229 Å². The van der Waals surface area contributed by atoms with Crippen LogP contribution in [0.25, 0.3) is 0 Å². The molecule has 0 heterocycles. The number of hydrogen-bond donors (Lipinski definition) is 4. The number of hydrogen-bond acceptors (Lipinski definition) is 5. The number of carbonyl (C=O) groups excluding carboxylic acids is 1. The van der Waals surface area contributed by atoms with Gasteiger partial charge in [0, 0.05) is 5.54 Å². The Morgan fingerprint density at radius 3 is 2.18 bits per heavy atom. The molecule has 0 aromatic carbocycles. The molecule has 5 aliphatic rings. The largest absolute Gasteiger partial charge is 0.480 e. The summed E-state index contributed by atoms with van der Waals surface area (Å²) in [5, 5.41) is 19.2. The van der Waals surface area contributed by atoms with Crippen LogP contribution in [-0.4, -0.2) is 53.9 Å². The van der Waals surface area contributed by atoms with Crippen LogP contribution < -0.4 is 16.2 Å². The minimum absolute atomic E-state index is 0.0726. The first kappa shape index (κ1) is 29.7. The lowest BCUT2D eigenvalue weighted by Gasteiger charge is -2.64. The van der Waals surface area contributed by atoms with Gasteiger partial charge in [-0.2, -0.15) is 12.7 Å². The van der Waals surface area contributed by atoms with Crippen molar-refractivity contribution in [3.8, 4) is 0 Å². The normalized spacial score (nSPS) is 33.0. The van der Waals surface area contributed by atoms with Crippen LogP contribution in [0.3, 0.4) is 0 Å². The van der Waals surface area contributed by atoms with E-state index in [2.05, 4.69) is 19.2 Å². The lowest BCUT2D eigenvalue weighted by atomic mass is 9.44. The molecule has 9 nitrogen and oxygen atoms in total. The molecule has 10 heteroatoms. The molecule has 5 fully saturated rings. The van der Waals surface area contributed by atoms with Crippen LogP contribution in [0.2, 0.25) is 0 Å².